The van der Waals surface area contributed by atoms with Crippen LogP contribution in [0.2, 0.25) is 5.15 Å². The van der Waals surface area contributed by atoms with Gasteiger partial charge in [-0.1, -0.05) is 45.7 Å². The van der Waals surface area contributed by atoms with Crippen LogP contribution in [-0.4, -0.2) is 23.1 Å². The van der Waals surface area contributed by atoms with E-state index in [0.717, 1.165) is 36.2 Å². The Hall–Kier alpha value is -0.830. The van der Waals surface area contributed by atoms with Crippen LogP contribution in [0.5, 0.6) is 0 Å². The van der Waals surface area contributed by atoms with Crippen LogP contribution in [0.3, 0.4) is 0 Å². The van der Waals surface area contributed by atoms with Crippen molar-refractivity contribution in [3.8, 4) is 0 Å². The molecular weight excluding hydrogens is 270 g/mol. The fourth-order valence-electron chi connectivity index (χ4n) is 2.71. The van der Waals surface area contributed by atoms with Gasteiger partial charge in [0.05, 0.1) is 0 Å². The molecule has 0 amide bonds. The van der Waals surface area contributed by atoms with E-state index in [1.165, 1.54) is 19.3 Å². The third kappa shape index (κ3) is 3.25. The summed E-state index contributed by atoms with van der Waals surface area (Å²) in [6.07, 6.45) is 3.81. The number of anilines is 1. The predicted octanol–water partition coefficient (Wildman–Crippen LogP) is 4.36. The van der Waals surface area contributed by atoms with Crippen molar-refractivity contribution < 1.29 is 0 Å². The number of halogens is 1. The first-order valence-corrected chi connectivity index (χ1v) is 8.00. The van der Waals surface area contributed by atoms with Crippen molar-refractivity contribution in [2.24, 2.45) is 5.92 Å². The van der Waals surface area contributed by atoms with Crippen molar-refractivity contribution >= 4 is 17.4 Å². The van der Waals surface area contributed by atoms with Gasteiger partial charge in [0.2, 0.25) is 0 Å². The van der Waals surface area contributed by atoms with E-state index < -0.39 is 0 Å². The average molecular weight is 296 g/mol. The van der Waals surface area contributed by atoms with Crippen molar-refractivity contribution in [3.05, 3.63) is 16.5 Å². The van der Waals surface area contributed by atoms with Crippen molar-refractivity contribution in [1.29, 1.82) is 0 Å². The molecular formula is C16H26ClN3. The van der Waals surface area contributed by atoms with Crippen molar-refractivity contribution in [1.82, 2.24) is 9.97 Å². The lowest BCUT2D eigenvalue weighted by atomic mass is 9.94. The standard InChI is InChI=1S/C16H26ClN3/c1-6-12-8-7-9-20(10-12)14-11(2)13(17)18-15(19-14)16(3,4)5/h12H,6-10H2,1-5H3. The van der Waals surface area contributed by atoms with Gasteiger partial charge >= 0.3 is 0 Å². The van der Waals surface area contributed by atoms with Gasteiger partial charge in [-0.2, -0.15) is 0 Å². The number of piperidine rings is 1. The lowest BCUT2D eigenvalue weighted by Gasteiger charge is -2.34. The quantitative estimate of drug-likeness (QED) is 0.759. The van der Waals surface area contributed by atoms with Crippen LogP contribution in [0.4, 0.5) is 5.82 Å². The maximum absolute atomic E-state index is 6.34. The van der Waals surface area contributed by atoms with Gasteiger partial charge < -0.3 is 4.90 Å². The minimum atomic E-state index is -0.0773. The fraction of sp³-hybridized carbons (Fsp3) is 0.750. The topological polar surface area (TPSA) is 29.0 Å². The first-order chi connectivity index (χ1) is 9.32. The lowest BCUT2D eigenvalue weighted by Crippen LogP contribution is -2.37. The predicted molar refractivity (Wildman–Crippen MR) is 85.7 cm³/mol. The Morgan fingerprint density at radius 1 is 1.30 bits per heavy atom. The van der Waals surface area contributed by atoms with E-state index in [1.807, 2.05) is 6.92 Å². The summed E-state index contributed by atoms with van der Waals surface area (Å²) in [5.74, 6) is 2.64. The highest BCUT2D eigenvalue weighted by Crippen LogP contribution is 2.31. The molecule has 3 nitrogen and oxygen atoms in total. The van der Waals surface area contributed by atoms with Crippen LogP contribution in [0, 0.1) is 12.8 Å². The van der Waals surface area contributed by atoms with Crippen LogP contribution in [0.25, 0.3) is 0 Å². The highest BCUT2D eigenvalue weighted by molar-refractivity contribution is 6.30. The van der Waals surface area contributed by atoms with Crippen LogP contribution >= 0.6 is 11.6 Å². The number of hydrogen-bond donors (Lipinski definition) is 0. The van der Waals surface area contributed by atoms with Gasteiger partial charge in [0.1, 0.15) is 16.8 Å². The molecule has 1 fully saturated rings. The SMILES string of the molecule is CCC1CCCN(c2nc(C(C)(C)C)nc(Cl)c2C)C1. The molecule has 1 aromatic heterocycles. The summed E-state index contributed by atoms with van der Waals surface area (Å²) in [5, 5.41) is 0.596. The first-order valence-electron chi connectivity index (χ1n) is 7.62. The summed E-state index contributed by atoms with van der Waals surface area (Å²) in [4.78, 5) is 11.7. The van der Waals surface area contributed by atoms with Crippen LogP contribution in [0.15, 0.2) is 0 Å². The van der Waals surface area contributed by atoms with Crippen molar-refractivity contribution in [2.75, 3.05) is 18.0 Å². The summed E-state index contributed by atoms with van der Waals surface area (Å²) in [5.41, 5.74) is 0.933. The highest BCUT2D eigenvalue weighted by atomic mass is 35.5. The molecule has 1 aliphatic heterocycles. The summed E-state index contributed by atoms with van der Waals surface area (Å²) in [7, 11) is 0. The first kappa shape index (κ1) is 15.6. The average Bonchev–Trinajstić information content (AvgIpc) is 2.40. The van der Waals surface area contributed by atoms with Crippen molar-refractivity contribution in [2.45, 2.75) is 59.3 Å². The number of aromatic nitrogens is 2. The molecule has 1 saturated heterocycles. The number of rotatable bonds is 2. The smallest absolute Gasteiger partial charge is 0.137 e. The molecule has 2 rings (SSSR count). The van der Waals surface area contributed by atoms with E-state index in [1.54, 1.807) is 0 Å². The minimum Gasteiger partial charge on any atom is -0.356 e. The third-order valence-electron chi connectivity index (χ3n) is 4.13. The number of hydrogen-bond acceptors (Lipinski definition) is 3. The van der Waals surface area contributed by atoms with Gasteiger partial charge in [-0.3, -0.25) is 0 Å². The number of nitrogens with zero attached hydrogens (tertiary/aromatic N) is 3. The molecule has 20 heavy (non-hydrogen) atoms. The molecule has 0 N–H and O–H groups in total. The molecule has 0 aromatic carbocycles. The third-order valence-corrected chi connectivity index (χ3v) is 4.50. The lowest BCUT2D eigenvalue weighted by molar-refractivity contribution is 0.401. The molecule has 0 bridgehead atoms. The summed E-state index contributed by atoms with van der Waals surface area (Å²) < 4.78 is 0. The molecule has 0 aliphatic carbocycles. The van der Waals surface area contributed by atoms with Crippen molar-refractivity contribution in [3.63, 3.8) is 0 Å². The Balaban J connectivity index is 2.37. The summed E-state index contributed by atoms with van der Waals surface area (Å²) in [6, 6.07) is 0. The van der Waals surface area contributed by atoms with E-state index in [9.17, 15) is 0 Å². The van der Waals surface area contributed by atoms with Gasteiger partial charge in [0, 0.05) is 24.1 Å². The van der Waals surface area contributed by atoms with Gasteiger partial charge in [0.25, 0.3) is 0 Å². The molecule has 0 saturated carbocycles. The van der Waals surface area contributed by atoms with E-state index in [2.05, 4.69) is 37.6 Å². The van der Waals surface area contributed by atoms with E-state index >= 15 is 0 Å². The zero-order valence-electron chi connectivity index (χ0n) is 13.3. The van der Waals surface area contributed by atoms with Gasteiger partial charge in [-0.25, -0.2) is 9.97 Å². The Morgan fingerprint density at radius 2 is 2.00 bits per heavy atom. The maximum Gasteiger partial charge on any atom is 0.137 e. The summed E-state index contributed by atoms with van der Waals surface area (Å²) >= 11 is 6.34. The van der Waals surface area contributed by atoms with Gasteiger partial charge in [0.15, 0.2) is 0 Å². The molecule has 4 heteroatoms. The zero-order chi connectivity index (χ0) is 14.9. The molecule has 1 aliphatic rings. The van der Waals surface area contributed by atoms with Crippen LogP contribution < -0.4 is 4.90 Å². The second-order valence-electron chi connectivity index (χ2n) is 6.90. The second kappa shape index (κ2) is 5.88. The normalized spacial score (nSPS) is 20.3. The second-order valence-corrected chi connectivity index (χ2v) is 7.26. The molecule has 1 atom stereocenters. The molecule has 1 aromatic rings. The molecule has 112 valence electrons. The Labute approximate surface area is 127 Å². The Bertz CT molecular complexity index is 479. The minimum absolute atomic E-state index is 0.0773. The Kier molecular flexibility index (Phi) is 4.58. The molecule has 0 spiro atoms. The van der Waals surface area contributed by atoms with Crippen LogP contribution in [0.1, 0.15) is 58.3 Å². The molecule has 0 radical (unpaired) electrons. The fourth-order valence-corrected chi connectivity index (χ4v) is 2.88. The zero-order valence-corrected chi connectivity index (χ0v) is 14.1. The van der Waals surface area contributed by atoms with E-state index in [4.69, 9.17) is 16.6 Å². The van der Waals surface area contributed by atoms with Crippen LogP contribution in [-0.2, 0) is 5.41 Å². The summed E-state index contributed by atoms with van der Waals surface area (Å²) in [6.45, 7) is 12.9. The Morgan fingerprint density at radius 3 is 2.60 bits per heavy atom. The van der Waals surface area contributed by atoms with E-state index in [-0.39, 0.29) is 5.41 Å². The monoisotopic (exact) mass is 295 g/mol. The molecule has 2 heterocycles. The molecule has 1 unspecified atom stereocenters. The van der Waals surface area contributed by atoms with E-state index in [0.29, 0.717) is 5.15 Å². The highest BCUT2D eigenvalue weighted by Gasteiger charge is 2.25. The largest absolute Gasteiger partial charge is 0.356 e. The maximum atomic E-state index is 6.34. The van der Waals surface area contributed by atoms with Gasteiger partial charge in [-0.05, 0) is 25.7 Å². The van der Waals surface area contributed by atoms with Gasteiger partial charge in [-0.15, -0.1) is 0 Å².